The summed E-state index contributed by atoms with van der Waals surface area (Å²) < 4.78 is 0. The summed E-state index contributed by atoms with van der Waals surface area (Å²) in [5, 5.41) is 0. The monoisotopic (exact) mass is 256 g/mol. The van der Waals surface area contributed by atoms with Crippen molar-refractivity contribution in [2.24, 2.45) is 10.8 Å². The smallest absolute Gasteiger partial charge is 0.00271 e. The van der Waals surface area contributed by atoms with Crippen LogP contribution in [0.3, 0.4) is 0 Å². The molecule has 2 nitrogen and oxygen atoms in total. The maximum atomic E-state index is 2.60. The van der Waals surface area contributed by atoms with E-state index in [4.69, 9.17) is 0 Å². The molecule has 0 rings (SSSR count). The molecule has 0 fully saturated rings. The number of hydrogen-bond acceptors (Lipinski definition) is 2. The van der Waals surface area contributed by atoms with E-state index < -0.39 is 0 Å². The quantitative estimate of drug-likeness (QED) is 0.653. The van der Waals surface area contributed by atoms with E-state index in [1.165, 1.54) is 39.0 Å². The van der Waals surface area contributed by atoms with Crippen LogP contribution in [0.4, 0.5) is 0 Å². The highest BCUT2D eigenvalue weighted by Crippen LogP contribution is 2.23. The van der Waals surface area contributed by atoms with E-state index in [-0.39, 0.29) is 0 Å². The van der Waals surface area contributed by atoms with Crippen LogP contribution in [0, 0.1) is 10.8 Å². The molecule has 0 N–H and O–H groups in total. The highest BCUT2D eigenvalue weighted by molar-refractivity contribution is 4.74. The maximum Gasteiger partial charge on any atom is 0.00271 e. The normalized spacial score (nSPS) is 13.7. The molecule has 0 atom stereocenters. The van der Waals surface area contributed by atoms with Gasteiger partial charge in [0.1, 0.15) is 0 Å². The molecule has 0 aromatic rings. The van der Waals surface area contributed by atoms with Crippen molar-refractivity contribution in [3.63, 3.8) is 0 Å². The molecule has 0 spiro atoms. The number of rotatable bonds is 8. The van der Waals surface area contributed by atoms with Crippen LogP contribution < -0.4 is 0 Å². The van der Waals surface area contributed by atoms with Crippen LogP contribution in [0.5, 0.6) is 0 Å². The summed E-state index contributed by atoms with van der Waals surface area (Å²) in [6, 6.07) is 0. The summed E-state index contributed by atoms with van der Waals surface area (Å²) in [7, 11) is 4.33. The Kier molecular flexibility index (Phi) is 7.46. The zero-order valence-corrected chi connectivity index (χ0v) is 14.1. The third-order valence-corrected chi connectivity index (χ3v) is 3.47. The predicted octanol–water partition coefficient (Wildman–Crippen LogP) is 3.72. The van der Waals surface area contributed by atoms with E-state index in [1.54, 1.807) is 0 Å². The summed E-state index contributed by atoms with van der Waals surface area (Å²) in [6.07, 6.45) is 2.57. The Labute approximate surface area is 116 Å². The van der Waals surface area contributed by atoms with Gasteiger partial charge < -0.3 is 9.80 Å². The van der Waals surface area contributed by atoms with E-state index in [1.807, 2.05) is 0 Å². The molecule has 0 aromatic carbocycles. The second-order valence-electron chi connectivity index (χ2n) is 7.90. The van der Waals surface area contributed by atoms with Gasteiger partial charge >= 0.3 is 0 Å². The summed E-state index contributed by atoms with van der Waals surface area (Å²) in [5.74, 6) is 0. The van der Waals surface area contributed by atoms with Crippen molar-refractivity contribution in [2.45, 2.75) is 54.4 Å². The highest BCUT2D eigenvalue weighted by atomic mass is 15.1. The van der Waals surface area contributed by atoms with Crippen LogP contribution in [0.2, 0.25) is 0 Å². The topological polar surface area (TPSA) is 6.48 Å². The first-order chi connectivity index (χ1) is 8.06. The second kappa shape index (κ2) is 7.49. The van der Waals surface area contributed by atoms with Gasteiger partial charge in [-0.3, -0.25) is 0 Å². The maximum absolute atomic E-state index is 2.60. The van der Waals surface area contributed by atoms with Gasteiger partial charge in [-0.05, 0) is 57.4 Å². The first kappa shape index (κ1) is 17.9. The Balaban J connectivity index is 4.06. The third kappa shape index (κ3) is 9.90. The van der Waals surface area contributed by atoms with Crippen LogP contribution in [-0.4, -0.2) is 50.1 Å². The third-order valence-electron chi connectivity index (χ3n) is 3.47. The van der Waals surface area contributed by atoms with Gasteiger partial charge in [0.15, 0.2) is 0 Å². The Morgan fingerprint density at radius 2 is 1.33 bits per heavy atom. The molecule has 0 saturated heterocycles. The van der Waals surface area contributed by atoms with Gasteiger partial charge in [-0.15, -0.1) is 0 Å². The zero-order chi connectivity index (χ0) is 14.4. The van der Waals surface area contributed by atoms with Gasteiger partial charge in [0, 0.05) is 6.54 Å². The Morgan fingerprint density at radius 3 is 1.72 bits per heavy atom. The molecule has 0 radical (unpaired) electrons. The lowest BCUT2D eigenvalue weighted by Crippen LogP contribution is -2.35. The summed E-state index contributed by atoms with van der Waals surface area (Å²) >= 11 is 0. The van der Waals surface area contributed by atoms with Gasteiger partial charge in [0.2, 0.25) is 0 Å². The van der Waals surface area contributed by atoms with Gasteiger partial charge in [-0.25, -0.2) is 0 Å². The minimum atomic E-state index is 0.415. The van der Waals surface area contributed by atoms with E-state index >= 15 is 0 Å². The van der Waals surface area contributed by atoms with Crippen LogP contribution in [0.15, 0.2) is 0 Å². The zero-order valence-electron chi connectivity index (χ0n) is 14.1. The summed E-state index contributed by atoms with van der Waals surface area (Å²) in [5.41, 5.74) is 0.866. The molecule has 0 aliphatic rings. The molecule has 0 unspecified atom stereocenters. The molecule has 0 aromatic heterocycles. The molecule has 18 heavy (non-hydrogen) atoms. The minimum Gasteiger partial charge on any atom is -0.309 e. The lowest BCUT2D eigenvalue weighted by molar-refractivity contribution is 0.172. The molecular formula is C16H36N2. The lowest BCUT2D eigenvalue weighted by atomic mass is 9.88. The first-order valence-corrected chi connectivity index (χ1v) is 7.43. The SMILES string of the molecule is CCN(CCC(C)(C)C)CCC(C)(C)CN(C)C. The lowest BCUT2D eigenvalue weighted by Gasteiger charge is -2.32. The average Bonchev–Trinajstić information content (AvgIpc) is 2.14. The fourth-order valence-corrected chi connectivity index (χ4v) is 2.32. The van der Waals surface area contributed by atoms with Crippen molar-refractivity contribution >= 4 is 0 Å². The van der Waals surface area contributed by atoms with Crippen molar-refractivity contribution in [1.82, 2.24) is 9.80 Å². The molecule has 0 saturated carbocycles. The molecule has 0 amide bonds. The molecule has 110 valence electrons. The van der Waals surface area contributed by atoms with Gasteiger partial charge in [-0.2, -0.15) is 0 Å². The van der Waals surface area contributed by atoms with Gasteiger partial charge in [0.25, 0.3) is 0 Å². The summed E-state index contributed by atoms with van der Waals surface area (Å²) in [4.78, 5) is 4.90. The molecule has 2 heteroatoms. The standard InChI is InChI=1S/C16H36N2/c1-9-18(12-10-15(2,3)4)13-11-16(5,6)14-17(7)8/h9-14H2,1-8H3. The Bertz CT molecular complexity index is 214. The van der Waals surface area contributed by atoms with Crippen LogP contribution in [0.25, 0.3) is 0 Å². The average molecular weight is 256 g/mol. The van der Waals surface area contributed by atoms with E-state index in [9.17, 15) is 0 Å². The van der Waals surface area contributed by atoms with E-state index in [0.29, 0.717) is 10.8 Å². The molecule has 0 bridgehead atoms. The van der Waals surface area contributed by atoms with Crippen molar-refractivity contribution < 1.29 is 0 Å². The molecule has 0 aliphatic heterocycles. The van der Waals surface area contributed by atoms with Gasteiger partial charge in [-0.1, -0.05) is 41.5 Å². The largest absolute Gasteiger partial charge is 0.309 e. The predicted molar refractivity (Wildman–Crippen MR) is 83.1 cm³/mol. The van der Waals surface area contributed by atoms with Crippen molar-refractivity contribution in [3.05, 3.63) is 0 Å². The van der Waals surface area contributed by atoms with Crippen molar-refractivity contribution in [1.29, 1.82) is 0 Å². The fraction of sp³-hybridized carbons (Fsp3) is 1.00. The second-order valence-corrected chi connectivity index (χ2v) is 7.90. The highest BCUT2D eigenvalue weighted by Gasteiger charge is 2.20. The van der Waals surface area contributed by atoms with Crippen LogP contribution >= 0.6 is 0 Å². The number of hydrogen-bond donors (Lipinski definition) is 0. The van der Waals surface area contributed by atoms with Crippen LogP contribution in [0.1, 0.15) is 54.4 Å². The molecule has 0 heterocycles. The first-order valence-electron chi connectivity index (χ1n) is 7.43. The van der Waals surface area contributed by atoms with E-state index in [2.05, 4.69) is 65.4 Å². The van der Waals surface area contributed by atoms with Crippen LogP contribution in [-0.2, 0) is 0 Å². The van der Waals surface area contributed by atoms with Crippen molar-refractivity contribution in [2.75, 3.05) is 40.3 Å². The molecular weight excluding hydrogens is 220 g/mol. The van der Waals surface area contributed by atoms with Crippen molar-refractivity contribution in [3.8, 4) is 0 Å². The minimum absolute atomic E-state index is 0.415. The van der Waals surface area contributed by atoms with Gasteiger partial charge in [0.05, 0.1) is 0 Å². The number of nitrogens with zero attached hydrogens (tertiary/aromatic N) is 2. The van der Waals surface area contributed by atoms with E-state index in [0.717, 1.165) is 0 Å². The Morgan fingerprint density at radius 1 is 0.833 bits per heavy atom. The fourth-order valence-electron chi connectivity index (χ4n) is 2.32. The summed E-state index contributed by atoms with van der Waals surface area (Å²) in [6.45, 7) is 18.8. The molecule has 0 aliphatic carbocycles. The Hall–Kier alpha value is -0.0800.